The third kappa shape index (κ3) is 3.27. The zero-order chi connectivity index (χ0) is 14.8. The molecule has 112 valence electrons. The summed E-state index contributed by atoms with van der Waals surface area (Å²) in [5, 5.41) is 4.44. The number of benzene rings is 1. The van der Waals surface area contributed by atoms with Gasteiger partial charge in [0.05, 0.1) is 0 Å². The smallest absolute Gasteiger partial charge is 0.336 e. The number of hydrogen-bond donors (Lipinski definition) is 2. The summed E-state index contributed by atoms with van der Waals surface area (Å²) < 4.78 is 5.14. The van der Waals surface area contributed by atoms with Gasteiger partial charge in [0.25, 0.3) is 0 Å². The van der Waals surface area contributed by atoms with Crippen molar-refractivity contribution in [2.45, 2.75) is 32.2 Å². The predicted molar refractivity (Wildman–Crippen MR) is 85.5 cm³/mol. The zero-order valence-electron chi connectivity index (χ0n) is 12.3. The molecular weight excluding hydrogens is 264 g/mol. The predicted octanol–water partition coefficient (Wildman–Crippen LogP) is 2.97. The Labute approximate surface area is 124 Å². The Kier molecular flexibility index (Phi) is 3.97. The Bertz CT molecular complexity index is 680. The van der Waals surface area contributed by atoms with E-state index < -0.39 is 0 Å². The summed E-state index contributed by atoms with van der Waals surface area (Å²) in [6.45, 7) is 3.22. The van der Waals surface area contributed by atoms with E-state index in [0.717, 1.165) is 24.0 Å². The van der Waals surface area contributed by atoms with E-state index in [1.165, 1.54) is 18.9 Å². The molecule has 0 aliphatic heterocycles. The highest BCUT2D eigenvalue weighted by Crippen LogP contribution is 2.28. The van der Waals surface area contributed by atoms with Crippen LogP contribution in [-0.2, 0) is 0 Å². The number of fused-ring (bicyclic) bond motifs is 1. The lowest BCUT2D eigenvalue weighted by Crippen LogP contribution is -2.36. The molecule has 0 saturated heterocycles. The van der Waals surface area contributed by atoms with Crippen molar-refractivity contribution < 1.29 is 4.42 Å². The molecule has 1 aromatic heterocycles. The average molecular weight is 286 g/mol. The summed E-state index contributed by atoms with van der Waals surface area (Å²) in [4.78, 5) is 11.2. The van der Waals surface area contributed by atoms with E-state index in [-0.39, 0.29) is 5.63 Å². The first-order chi connectivity index (χ1) is 10.1. The Hall–Kier alpha value is -1.81. The summed E-state index contributed by atoms with van der Waals surface area (Å²) >= 11 is 0. The summed E-state index contributed by atoms with van der Waals surface area (Å²) in [6.07, 6.45) is 3.51. The molecular formula is C17H22N2O2. The maximum atomic E-state index is 11.2. The average Bonchev–Trinajstić information content (AvgIpc) is 2.48. The fraction of sp³-hybridized carbons (Fsp3) is 0.471. The van der Waals surface area contributed by atoms with Gasteiger partial charge in [-0.25, -0.2) is 4.79 Å². The fourth-order valence-corrected chi connectivity index (χ4v) is 3.16. The molecule has 1 aromatic carbocycles. The number of nitrogens with one attached hydrogen (secondary N) is 1. The van der Waals surface area contributed by atoms with Crippen LogP contribution in [0.5, 0.6) is 0 Å². The molecule has 4 nitrogen and oxygen atoms in total. The number of nitrogens with two attached hydrogens (primary N) is 1. The van der Waals surface area contributed by atoms with Gasteiger partial charge < -0.3 is 15.5 Å². The van der Waals surface area contributed by atoms with Crippen LogP contribution < -0.4 is 16.7 Å². The van der Waals surface area contributed by atoms with Crippen LogP contribution in [0.25, 0.3) is 11.0 Å². The molecule has 0 spiro atoms. The van der Waals surface area contributed by atoms with Gasteiger partial charge >= 0.3 is 5.63 Å². The molecule has 1 fully saturated rings. The van der Waals surface area contributed by atoms with Gasteiger partial charge in [0, 0.05) is 29.7 Å². The van der Waals surface area contributed by atoms with Gasteiger partial charge in [0.15, 0.2) is 0 Å². The normalized spacial score (nSPS) is 25.9. The van der Waals surface area contributed by atoms with Crippen molar-refractivity contribution in [1.29, 1.82) is 0 Å². The second-order valence-electron chi connectivity index (χ2n) is 6.21. The second kappa shape index (κ2) is 5.90. The Balaban J connectivity index is 1.65. The number of hydrogen-bond acceptors (Lipinski definition) is 4. The minimum absolute atomic E-state index is 0.309. The van der Waals surface area contributed by atoms with Gasteiger partial charge in [-0.1, -0.05) is 6.92 Å². The topological polar surface area (TPSA) is 68.3 Å². The van der Waals surface area contributed by atoms with Gasteiger partial charge in [0.1, 0.15) is 5.58 Å². The third-order valence-corrected chi connectivity index (χ3v) is 4.56. The van der Waals surface area contributed by atoms with E-state index >= 15 is 0 Å². The second-order valence-corrected chi connectivity index (χ2v) is 6.21. The minimum Gasteiger partial charge on any atom is -0.423 e. The lowest BCUT2D eigenvalue weighted by atomic mass is 9.79. The van der Waals surface area contributed by atoms with Gasteiger partial charge in [-0.15, -0.1) is 0 Å². The van der Waals surface area contributed by atoms with Crippen LogP contribution in [0.4, 0.5) is 5.69 Å². The summed E-state index contributed by atoms with van der Waals surface area (Å²) in [7, 11) is 0. The quantitative estimate of drug-likeness (QED) is 0.851. The Morgan fingerprint density at radius 1 is 1.29 bits per heavy atom. The highest BCUT2D eigenvalue weighted by molar-refractivity contribution is 5.80. The van der Waals surface area contributed by atoms with Crippen molar-refractivity contribution >= 4 is 16.7 Å². The van der Waals surface area contributed by atoms with Crippen LogP contribution in [0.3, 0.4) is 0 Å². The standard InChI is InChI=1S/C17H22N2O2/c1-11-8-12(2-5-15(11)18)10-19-14-4-6-16-13(9-14)3-7-17(20)21-16/h3-4,6-7,9,11-12,15,19H,2,5,8,10,18H2,1H3/t11?,12-,15?/m1/s1. The van der Waals surface area contributed by atoms with E-state index in [4.69, 9.17) is 10.2 Å². The first kappa shape index (κ1) is 14.1. The monoisotopic (exact) mass is 286 g/mol. The van der Waals surface area contributed by atoms with Crippen LogP contribution >= 0.6 is 0 Å². The number of anilines is 1. The van der Waals surface area contributed by atoms with Crippen LogP contribution in [-0.4, -0.2) is 12.6 Å². The van der Waals surface area contributed by atoms with Crippen molar-refractivity contribution in [3.05, 3.63) is 40.8 Å². The molecule has 0 amide bonds. The van der Waals surface area contributed by atoms with Crippen LogP contribution in [0, 0.1) is 11.8 Å². The van der Waals surface area contributed by atoms with Crippen LogP contribution in [0.2, 0.25) is 0 Å². The van der Waals surface area contributed by atoms with Crippen LogP contribution in [0.1, 0.15) is 26.2 Å². The maximum Gasteiger partial charge on any atom is 0.336 e. The van der Waals surface area contributed by atoms with Gasteiger partial charge in [-0.3, -0.25) is 0 Å². The Morgan fingerprint density at radius 2 is 2.14 bits per heavy atom. The molecule has 2 aromatic rings. The molecule has 1 heterocycles. The molecule has 0 radical (unpaired) electrons. The summed E-state index contributed by atoms with van der Waals surface area (Å²) in [5.74, 6) is 1.29. The van der Waals surface area contributed by atoms with Crippen LogP contribution in [0.15, 0.2) is 39.5 Å². The van der Waals surface area contributed by atoms with Crippen molar-refractivity contribution in [2.75, 3.05) is 11.9 Å². The maximum absolute atomic E-state index is 11.2. The van der Waals surface area contributed by atoms with E-state index in [9.17, 15) is 4.79 Å². The minimum atomic E-state index is -0.309. The van der Waals surface area contributed by atoms with E-state index in [0.29, 0.717) is 23.5 Å². The number of rotatable bonds is 3. The molecule has 1 aliphatic rings. The van der Waals surface area contributed by atoms with Crippen molar-refractivity contribution in [3.63, 3.8) is 0 Å². The van der Waals surface area contributed by atoms with Crippen molar-refractivity contribution in [3.8, 4) is 0 Å². The van der Waals surface area contributed by atoms with Gasteiger partial charge in [-0.2, -0.15) is 0 Å². The lowest BCUT2D eigenvalue weighted by Gasteiger charge is -2.32. The van der Waals surface area contributed by atoms with Crippen molar-refractivity contribution in [2.24, 2.45) is 17.6 Å². The largest absolute Gasteiger partial charge is 0.423 e. The van der Waals surface area contributed by atoms with Gasteiger partial charge in [-0.05, 0) is 55.4 Å². The van der Waals surface area contributed by atoms with E-state index in [1.807, 2.05) is 18.2 Å². The molecule has 4 heteroatoms. The molecule has 3 rings (SSSR count). The van der Waals surface area contributed by atoms with Crippen molar-refractivity contribution in [1.82, 2.24) is 0 Å². The summed E-state index contributed by atoms with van der Waals surface area (Å²) in [5.41, 5.74) is 7.45. The van der Waals surface area contributed by atoms with E-state index in [1.54, 1.807) is 6.07 Å². The fourth-order valence-electron chi connectivity index (χ4n) is 3.16. The third-order valence-electron chi connectivity index (χ3n) is 4.56. The first-order valence-electron chi connectivity index (χ1n) is 7.65. The molecule has 1 aliphatic carbocycles. The Morgan fingerprint density at radius 3 is 2.95 bits per heavy atom. The van der Waals surface area contributed by atoms with Gasteiger partial charge in [0.2, 0.25) is 0 Å². The summed E-state index contributed by atoms with van der Waals surface area (Å²) in [6, 6.07) is 9.45. The molecule has 3 N–H and O–H groups in total. The van der Waals surface area contributed by atoms with E-state index in [2.05, 4.69) is 12.2 Å². The first-order valence-corrected chi connectivity index (χ1v) is 7.65. The molecule has 21 heavy (non-hydrogen) atoms. The molecule has 1 saturated carbocycles. The molecule has 2 unspecified atom stereocenters. The SMILES string of the molecule is CC1C[C@H](CNc2ccc3oc(=O)ccc3c2)CCC1N. The highest BCUT2D eigenvalue weighted by Gasteiger charge is 2.24. The molecule has 3 atom stereocenters. The molecule has 0 bridgehead atoms. The lowest BCUT2D eigenvalue weighted by molar-refractivity contribution is 0.257. The highest BCUT2D eigenvalue weighted by atomic mass is 16.4. The zero-order valence-corrected chi connectivity index (χ0v) is 12.3.